The Kier molecular flexibility index (Phi) is 6.12. The molecule has 1 N–H and O–H groups in total. The van der Waals surface area contributed by atoms with E-state index in [0.29, 0.717) is 6.04 Å². The van der Waals surface area contributed by atoms with Crippen molar-refractivity contribution in [2.24, 2.45) is 0 Å². The molecular weight excluding hydrogens is 262 g/mol. The predicted molar refractivity (Wildman–Crippen MR) is 74.7 cm³/mol. The van der Waals surface area contributed by atoms with Crippen molar-refractivity contribution in [2.45, 2.75) is 18.9 Å². The summed E-state index contributed by atoms with van der Waals surface area (Å²) in [5, 5.41) is 3.48. The van der Waals surface area contributed by atoms with Crippen molar-refractivity contribution in [3.05, 3.63) is 59.6 Å². The Morgan fingerprint density at radius 1 is 1.38 bits per heavy atom. The normalized spacial score (nSPS) is 12.1. The van der Waals surface area contributed by atoms with E-state index in [1.807, 2.05) is 12.1 Å². The third-order valence-electron chi connectivity index (χ3n) is 2.40. The number of halogens is 1. The van der Waals surface area contributed by atoms with Crippen LogP contribution in [0.25, 0.3) is 0 Å². The molecule has 0 saturated heterocycles. The van der Waals surface area contributed by atoms with Crippen molar-refractivity contribution >= 4 is 15.9 Å². The molecular formula is C14H18BrN. The molecule has 0 amide bonds. The minimum atomic E-state index is 0.369. The van der Waals surface area contributed by atoms with Crippen LogP contribution in [0.3, 0.4) is 0 Å². The van der Waals surface area contributed by atoms with Crippen LogP contribution in [0.15, 0.2) is 54.0 Å². The van der Waals surface area contributed by atoms with Gasteiger partial charge in [-0.15, -0.1) is 6.58 Å². The van der Waals surface area contributed by atoms with E-state index in [1.54, 1.807) is 0 Å². The fourth-order valence-corrected chi connectivity index (χ4v) is 1.75. The molecule has 1 unspecified atom stereocenters. The maximum atomic E-state index is 3.84. The first-order valence-corrected chi connectivity index (χ1v) is 6.26. The van der Waals surface area contributed by atoms with E-state index in [2.05, 4.69) is 58.7 Å². The molecule has 1 aromatic rings. The van der Waals surface area contributed by atoms with Crippen molar-refractivity contribution < 1.29 is 0 Å². The first kappa shape index (κ1) is 13.2. The molecule has 1 aromatic carbocycles. The lowest BCUT2D eigenvalue weighted by Crippen LogP contribution is -2.22. The van der Waals surface area contributed by atoms with Crippen molar-refractivity contribution in [1.82, 2.24) is 5.32 Å². The van der Waals surface area contributed by atoms with Gasteiger partial charge < -0.3 is 5.32 Å². The van der Waals surface area contributed by atoms with E-state index in [1.165, 1.54) is 5.56 Å². The Labute approximate surface area is 106 Å². The van der Waals surface area contributed by atoms with Crippen LogP contribution in [0, 0.1) is 0 Å². The van der Waals surface area contributed by atoms with Gasteiger partial charge in [-0.05, 0) is 18.4 Å². The van der Waals surface area contributed by atoms with Gasteiger partial charge in [-0.25, -0.2) is 0 Å². The van der Waals surface area contributed by atoms with E-state index in [4.69, 9.17) is 0 Å². The zero-order valence-electron chi connectivity index (χ0n) is 9.45. The molecule has 0 aliphatic heterocycles. The Morgan fingerprint density at radius 2 is 2.06 bits per heavy atom. The number of rotatable bonds is 7. The van der Waals surface area contributed by atoms with Crippen LogP contribution >= 0.6 is 15.9 Å². The van der Waals surface area contributed by atoms with Crippen molar-refractivity contribution in [3.63, 3.8) is 0 Å². The Morgan fingerprint density at radius 3 is 2.62 bits per heavy atom. The fourth-order valence-electron chi connectivity index (χ4n) is 1.59. The number of allylic oxidation sites excluding steroid dienone is 1. The molecule has 0 spiro atoms. The standard InChI is InChI=1S/C14H18BrN/c1-3-4-10-14(16-11-12(2)15)13-8-6-5-7-9-13/h3,5-9,14,16H,1-2,4,10-11H2. The number of nitrogens with one attached hydrogen (secondary N) is 1. The smallest absolute Gasteiger partial charge is 0.0326 e. The van der Waals surface area contributed by atoms with Crippen LogP contribution in [-0.2, 0) is 0 Å². The summed E-state index contributed by atoms with van der Waals surface area (Å²) in [6.07, 6.45) is 4.04. The van der Waals surface area contributed by atoms with Crippen LogP contribution < -0.4 is 5.32 Å². The fraction of sp³-hybridized carbons (Fsp3) is 0.286. The summed E-state index contributed by atoms with van der Waals surface area (Å²) in [7, 11) is 0. The first-order valence-electron chi connectivity index (χ1n) is 5.46. The minimum Gasteiger partial charge on any atom is -0.305 e. The molecule has 0 aromatic heterocycles. The molecule has 0 radical (unpaired) electrons. The molecule has 86 valence electrons. The largest absolute Gasteiger partial charge is 0.305 e. The molecule has 0 saturated carbocycles. The lowest BCUT2D eigenvalue weighted by Gasteiger charge is -2.18. The molecule has 0 heterocycles. The third-order valence-corrected chi connectivity index (χ3v) is 2.68. The van der Waals surface area contributed by atoms with E-state index >= 15 is 0 Å². The Balaban J connectivity index is 2.63. The van der Waals surface area contributed by atoms with Gasteiger partial charge in [0.05, 0.1) is 0 Å². The molecule has 0 bridgehead atoms. The highest BCUT2D eigenvalue weighted by Gasteiger charge is 2.09. The van der Waals surface area contributed by atoms with Gasteiger partial charge in [-0.2, -0.15) is 0 Å². The van der Waals surface area contributed by atoms with Gasteiger partial charge in [0.25, 0.3) is 0 Å². The molecule has 16 heavy (non-hydrogen) atoms. The SMILES string of the molecule is C=CCCC(NCC(=C)Br)c1ccccc1. The van der Waals surface area contributed by atoms with Gasteiger partial charge in [-0.3, -0.25) is 0 Å². The Bertz CT molecular complexity index is 332. The summed E-state index contributed by atoms with van der Waals surface area (Å²) in [4.78, 5) is 0. The second-order valence-corrected chi connectivity index (χ2v) is 4.85. The van der Waals surface area contributed by atoms with E-state index in [0.717, 1.165) is 23.9 Å². The quantitative estimate of drug-likeness (QED) is 0.738. The van der Waals surface area contributed by atoms with Crippen LogP contribution in [0.1, 0.15) is 24.4 Å². The molecule has 1 atom stereocenters. The lowest BCUT2D eigenvalue weighted by molar-refractivity contribution is 0.531. The Hall–Kier alpha value is -0.860. The zero-order valence-corrected chi connectivity index (χ0v) is 11.0. The summed E-state index contributed by atoms with van der Waals surface area (Å²) in [6, 6.07) is 10.8. The molecule has 0 aliphatic carbocycles. The van der Waals surface area contributed by atoms with Crippen LogP contribution in [0.4, 0.5) is 0 Å². The summed E-state index contributed by atoms with van der Waals surface area (Å²) >= 11 is 3.37. The molecule has 0 fully saturated rings. The summed E-state index contributed by atoms with van der Waals surface area (Å²) in [5.74, 6) is 0. The third kappa shape index (κ3) is 4.77. The lowest BCUT2D eigenvalue weighted by atomic mass is 10.0. The highest BCUT2D eigenvalue weighted by Crippen LogP contribution is 2.18. The number of hydrogen-bond acceptors (Lipinski definition) is 1. The average molecular weight is 280 g/mol. The first-order chi connectivity index (χ1) is 7.74. The van der Waals surface area contributed by atoms with Gasteiger partial charge in [0.1, 0.15) is 0 Å². The number of benzene rings is 1. The van der Waals surface area contributed by atoms with Crippen LogP contribution in [-0.4, -0.2) is 6.54 Å². The van der Waals surface area contributed by atoms with Crippen LogP contribution in [0.2, 0.25) is 0 Å². The van der Waals surface area contributed by atoms with E-state index in [-0.39, 0.29) is 0 Å². The number of hydrogen-bond donors (Lipinski definition) is 1. The second kappa shape index (κ2) is 7.42. The molecule has 1 nitrogen and oxygen atoms in total. The van der Waals surface area contributed by atoms with Crippen molar-refractivity contribution in [2.75, 3.05) is 6.54 Å². The highest BCUT2D eigenvalue weighted by molar-refractivity contribution is 9.11. The predicted octanol–water partition coefficient (Wildman–Crippen LogP) is 4.19. The zero-order chi connectivity index (χ0) is 11.8. The minimum absolute atomic E-state index is 0.369. The average Bonchev–Trinajstić information content (AvgIpc) is 2.30. The maximum absolute atomic E-state index is 3.84. The van der Waals surface area contributed by atoms with Gasteiger partial charge in [0.2, 0.25) is 0 Å². The van der Waals surface area contributed by atoms with Crippen molar-refractivity contribution in [1.29, 1.82) is 0 Å². The summed E-state index contributed by atoms with van der Waals surface area (Å²) < 4.78 is 0.979. The summed E-state index contributed by atoms with van der Waals surface area (Å²) in [6.45, 7) is 8.39. The summed E-state index contributed by atoms with van der Waals surface area (Å²) in [5.41, 5.74) is 1.32. The van der Waals surface area contributed by atoms with E-state index < -0.39 is 0 Å². The monoisotopic (exact) mass is 279 g/mol. The van der Waals surface area contributed by atoms with Gasteiger partial charge in [-0.1, -0.05) is 58.9 Å². The van der Waals surface area contributed by atoms with E-state index in [9.17, 15) is 0 Å². The van der Waals surface area contributed by atoms with Gasteiger partial charge in [0, 0.05) is 17.1 Å². The molecule has 2 heteroatoms. The van der Waals surface area contributed by atoms with Gasteiger partial charge in [0.15, 0.2) is 0 Å². The van der Waals surface area contributed by atoms with Gasteiger partial charge >= 0.3 is 0 Å². The second-order valence-electron chi connectivity index (χ2n) is 3.73. The van der Waals surface area contributed by atoms with Crippen LogP contribution in [0.5, 0.6) is 0 Å². The van der Waals surface area contributed by atoms with Crippen molar-refractivity contribution in [3.8, 4) is 0 Å². The topological polar surface area (TPSA) is 12.0 Å². The molecule has 0 aliphatic rings. The highest BCUT2D eigenvalue weighted by atomic mass is 79.9. The molecule has 1 rings (SSSR count). The maximum Gasteiger partial charge on any atom is 0.0326 e.